The van der Waals surface area contributed by atoms with Crippen molar-refractivity contribution in [2.24, 2.45) is 0 Å². The number of carboxylic acid groups (broad SMARTS) is 1. The Bertz CT molecular complexity index is 1080. The van der Waals surface area contributed by atoms with E-state index in [1.165, 1.54) is 0 Å². The highest BCUT2D eigenvalue weighted by atomic mass is 35.5. The van der Waals surface area contributed by atoms with Crippen molar-refractivity contribution in [1.82, 2.24) is 9.47 Å². The summed E-state index contributed by atoms with van der Waals surface area (Å²) in [6.07, 6.45) is 0. The van der Waals surface area contributed by atoms with Gasteiger partial charge in [0.2, 0.25) is 0 Å². The van der Waals surface area contributed by atoms with Crippen molar-refractivity contribution in [2.45, 2.75) is 26.8 Å². The third kappa shape index (κ3) is 3.80. The van der Waals surface area contributed by atoms with Gasteiger partial charge in [0.15, 0.2) is 0 Å². The number of aromatic nitrogens is 1. The number of halogens is 1. The van der Waals surface area contributed by atoms with Gasteiger partial charge in [0.05, 0.1) is 12.6 Å². The average Bonchev–Trinajstić information content (AvgIpc) is 3.02. The number of carbonyl (C=O) groups is 2. The summed E-state index contributed by atoms with van der Waals surface area (Å²) in [5, 5.41) is 11.3. The van der Waals surface area contributed by atoms with E-state index in [0.29, 0.717) is 51.6 Å². The molecule has 0 bridgehead atoms. The molecule has 0 aliphatic rings. The molecule has 1 heterocycles. The molecule has 158 valence electrons. The molecule has 0 saturated heterocycles. The van der Waals surface area contributed by atoms with E-state index in [4.69, 9.17) is 16.3 Å². The van der Waals surface area contributed by atoms with E-state index in [2.05, 4.69) is 0 Å². The summed E-state index contributed by atoms with van der Waals surface area (Å²) < 4.78 is 6.94. The molecule has 1 N–H and O–H groups in total. The van der Waals surface area contributed by atoms with Crippen LogP contribution in [0.2, 0.25) is 5.02 Å². The molecule has 0 aliphatic heterocycles. The van der Waals surface area contributed by atoms with Crippen LogP contribution in [-0.4, -0.2) is 46.6 Å². The molecule has 3 rings (SSSR count). The molecule has 0 radical (unpaired) electrons. The lowest BCUT2D eigenvalue weighted by Crippen LogP contribution is -2.34. The standard InChI is InChI=1S/C23H25ClN2O4/c1-5-25(6-2)21(23(28)29)20-14(3)26(19-12-11-17(30-4)13-18(19)20)22(27)15-7-9-16(24)10-8-15/h7-13,21H,5-6H2,1-4H3,(H,28,29). The van der Waals surface area contributed by atoms with Crippen LogP contribution in [-0.2, 0) is 4.79 Å². The van der Waals surface area contributed by atoms with Crippen molar-refractivity contribution in [1.29, 1.82) is 0 Å². The zero-order valence-electron chi connectivity index (χ0n) is 17.5. The Balaban J connectivity index is 2.32. The third-order valence-corrected chi connectivity index (χ3v) is 5.69. The van der Waals surface area contributed by atoms with Gasteiger partial charge in [-0.2, -0.15) is 0 Å². The number of likely N-dealkylation sites (N-methyl/N-ethyl adjacent to an activating group) is 1. The zero-order chi connectivity index (χ0) is 22.0. The number of hydrogen-bond acceptors (Lipinski definition) is 4. The fourth-order valence-corrected chi connectivity index (χ4v) is 4.05. The van der Waals surface area contributed by atoms with Crippen LogP contribution in [0, 0.1) is 6.92 Å². The topological polar surface area (TPSA) is 71.8 Å². The highest BCUT2D eigenvalue weighted by Gasteiger charge is 2.32. The van der Waals surface area contributed by atoms with E-state index >= 15 is 0 Å². The Morgan fingerprint density at radius 3 is 2.30 bits per heavy atom. The van der Waals surface area contributed by atoms with Crippen molar-refractivity contribution in [3.63, 3.8) is 0 Å². The van der Waals surface area contributed by atoms with Crippen molar-refractivity contribution in [2.75, 3.05) is 20.2 Å². The van der Waals surface area contributed by atoms with Gasteiger partial charge in [0.1, 0.15) is 11.8 Å². The highest BCUT2D eigenvalue weighted by Crippen LogP contribution is 2.36. The van der Waals surface area contributed by atoms with Crippen molar-refractivity contribution in [3.8, 4) is 5.75 Å². The minimum atomic E-state index is -0.956. The first kappa shape index (κ1) is 21.9. The van der Waals surface area contributed by atoms with Crippen LogP contribution in [0.25, 0.3) is 10.9 Å². The number of ether oxygens (including phenoxy) is 1. The maximum absolute atomic E-state index is 13.4. The Hall–Kier alpha value is -2.83. The van der Waals surface area contributed by atoms with Crippen LogP contribution in [0.3, 0.4) is 0 Å². The molecule has 2 aromatic carbocycles. The van der Waals surface area contributed by atoms with Crippen molar-refractivity contribution >= 4 is 34.4 Å². The molecule has 0 saturated carbocycles. The summed E-state index contributed by atoms with van der Waals surface area (Å²) in [5.41, 5.74) is 2.30. The van der Waals surface area contributed by atoms with Gasteiger partial charge in [0.25, 0.3) is 5.91 Å². The molecule has 1 atom stereocenters. The highest BCUT2D eigenvalue weighted by molar-refractivity contribution is 6.30. The molecule has 30 heavy (non-hydrogen) atoms. The van der Waals surface area contributed by atoms with Crippen LogP contribution in [0.15, 0.2) is 42.5 Å². The van der Waals surface area contributed by atoms with Gasteiger partial charge in [-0.05, 0) is 62.5 Å². The lowest BCUT2D eigenvalue weighted by Gasteiger charge is -2.27. The molecule has 3 aromatic rings. The number of rotatable bonds is 7. The number of benzene rings is 2. The monoisotopic (exact) mass is 428 g/mol. The summed E-state index contributed by atoms with van der Waals surface area (Å²) in [6.45, 7) is 6.76. The van der Waals surface area contributed by atoms with Gasteiger partial charge >= 0.3 is 5.97 Å². The number of carboxylic acids is 1. The van der Waals surface area contributed by atoms with E-state index in [1.54, 1.807) is 61.1 Å². The Labute approximate surface area is 180 Å². The molecule has 1 aromatic heterocycles. The van der Waals surface area contributed by atoms with Gasteiger partial charge in [-0.15, -0.1) is 0 Å². The van der Waals surface area contributed by atoms with E-state index < -0.39 is 12.0 Å². The molecular weight excluding hydrogens is 404 g/mol. The number of nitrogens with zero attached hydrogens (tertiary/aromatic N) is 2. The van der Waals surface area contributed by atoms with Crippen LogP contribution >= 0.6 is 11.6 Å². The second kappa shape index (κ2) is 8.90. The van der Waals surface area contributed by atoms with Crippen molar-refractivity contribution < 1.29 is 19.4 Å². The predicted molar refractivity (Wildman–Crippen MR) is 118 cm³/mol. The van der Waals surface area contributed by atoms with Gasteiger partial charge in [0, 0.05) is 27.2 Å². The lowest BCUT2D eigenvalue weighted by atomic mass is 10.0. The smallest absolute Gasteiger partial charge is 0.325 e. The largest absolute Gasteiger partial charge is 0.497 e. The van der Waals surface area contributed by atoms with Crippen LogP contribution in [0.4, 0.5) is 0 Å². The van der Waals surface area contributed by atoms with Crippen LogP contribution in [0.5, 0.6) is 5.75 Å². The van der Waals surface area contributed by atoms with E-state index in [1.807, 2.05) is 18.7 Å². The number of carbonyl (C=O) groups excluding carboxylic acids is 1. The van der Waals surface area contributed by atoms with Crippen LogP contribution < -0.4 is 4.74 Å². The lowest BCUT2D eigenvalue weighted by molar-refractivity contribution is -0.143. The van der Waals surface area contributed by atoms with Gasteiger partial charge in [-0.25, -0.2) is 0 Å². The maximum Gasteiger partial charge on any atom is 0.325 e. The van der Waals surface area contributed by atoms with E-state index in [0.717, 1.165) is 0 Å². The summed E-state index contributed by atoms with van der Waals surface area (Å²) in [5.74, 6) is -0.597. The van der Waals surface area contributed by atoms with Gasteiger partial charge in [-0.1, -0.05) is 25.4 Å². The molecule has 0 amide bonds. The second-order valence-corrected chi connectivity index (χ2v) is 7.43. The molecule has 7 heteroatoms. The fraction of sp³-hybridized carbons (Fsp3) is 0.304. The second-order valence-electron chi connectivity index (χ2n) is 6.99. The number of fused-ring (bicyclic) bond motifs is 1. The normalized spacial score (nSPS) is 12.3. The quantitative estimate of drug-likeness (QED) is 0.587. The Morgan fingerprint density at radius 2 is 1.77 bits per heavy atom. The van der Waals surface area contributed by atoms with Crippen molar-refractivity contribution in [3.05, 3.63) is 64.3 Å². The molecule has 0 spiro atoms. The molecule has 0 fully saturated rings. The zero-order valence-corrected chi connectivity index (χ0v) is 18.2. The summed E-state index contributed by atoms with van der Waals surface area (Å²) in [7, 11) is 1.56. The first-order valence-electron chi connectivity index (χ1n) is 9.80. The average molecular weight is 429 g/mol. The first-order chi connectivity index (χ1) is 14.3. The van der Waals surface area contributed by atoms with Gasteiger partial charge in [-0.3, -0.25) is 19.1 Å². The summed E-state index contributed by atoms with van der Waals surface area (Å²) in [4.78, 5) is 27.6. The fourth-order valence-electron chi connectivity index (χ4n) is 3.93. The minimum absolute atomic E-state index is 0.241. The molecule has 0 aliphatic carbocycles. The molecular formula is C23H25ClN2O4. The number of aliphatic carboxylic acids is 1. The Kier molecular flexibility index (Phi) is 6.48. The predicted octanol–water partition coefficient (Wildman–Crippen LogP) is 4.77. The minimum Gasteiger partial charge on any atom is -0.497 e. The molecule has 1 unspecified atom stereocenters. The Morgan fingerprint density at radius 1 is 1.13 bits per heavy atom. The van der Waals surface area contributed by atoms with E-state index in [-0.39, 0.29) is 5.91 Å². The SMILES string of the molecule is CCN(CC)C(C(=O)O)c1c(C)n(C(=O)c2ccc(Cl)cc2)c2ccc(OC)cc12. The number of hydrogen-bond donors (Lipinski definition) is 1. The molecule has 6 nitrogen and oxygen atoms in total. The maximum atomic E-state index is 13.4. The summed E-state index contributed by atoms with van der Waals surface area (Å²) in [6, 6.07) is 11.1. The van der Waals surface area contributed by atoms with Crippen LogP contribution in [0.1, 0.15) is 41.5 Å². The first-order valence-corrected chi connectivity index (χ1v) is 10.2. The van der Waals surface area contributed by atoms with Gasteiger partial charge < -0.3 is 9.84 Å². The van der Waals surface area contributed by atoms with E-state index in [9.17, 15) is 14.7 Å². The third-order valence-electron chi connectivity index (χ3n) is 5.44. The number of methoxy groups -OCH3 is 1. The summed E-state index contributed by atoms with van der Waals surface area (Å²) >= 11 is 5.97.